The van der Waals surface area contributed by atoms with Crippen LogP contribution in [0.15, 0.2) is 48.5 Å². The number of likely N-dealkylation sites (N-methyl/N-ethyl adjacent to an activating group) is 1. The lowest BCUT2D eigenvalue weighted by atomic mass is 10.1. The third-order valence-electron chi connectivity index (χ3n) is 4.11. The van der Waals surface area contributed by atoms with Crippen LogP contribution in [0, 0.1) is 5.82 Å². The van der Waals surface area contributed by atoms with Crippen molar-refractivity contribution in [2.75, 3.05) is 13.1 Å². The lowest BCUT2D eigenvalue weighted by Crippen LogP contribution is -2.51. The Bertz CT molecular complexity index is 807. The van der Waals surface area contributed by atoms with E-state index in [2.05, 4.69) is 5.32 Å². The van der Waals surface area contributed by atoms with Crippen molar-refractivity contribution in [3.8, 4) is 5.75 Å². The van der Waals surface area contributed by atoms with Gasteiger partial charge in [0.15, 0.2) is 5.60 Å². The van der Waals surface area contributed by atoms with Crippen LogP contribution in [0.25, 0.3) is 0 Å². The van der Waals surface area contributed by atoms with Crippen molar-refractivity contribution in [2.45, 2.75) is 32.9 Å². The molecule has 0 aliphatic heterocycles. The van der Waals surface area contributed by atoms with E-state index in [0.717, 1.165) is 5.56 Å². The summed E-state index contributed by atoms with van der Waals surface area (Å²) in [5, 5.41) is 3.31. The molecule has 0 aliphatic rings. The molecule has 7 heteroatoms. The highest BCUT2D eigenvalue weighted by molar-refractivity contribution is 6.30. The number of rotatable bonds is 8. The summed E-state index contributed by atoms with van der Waals surface area (Å²) in [4.78, 5) is 26.5. The highest BCUT2D eigenvalue weighted by Crippen LogP contribution is 2.22. The molecule has 2 rings (SSSR count). The first-order chi connectivity index (χ1) is 13.2. The summed E-state index contributed by atoms with van der Waals surface area (Å²) >= 11 is 5.86. The predicted octanol–water partition coefficient (Wildman–Crippen LogP) is 3.80. The fraction of sp³-hybridized carbons (Fsp3) is 0.333. The summed E-state index contributed by atoms with van der Waals surface area (Å²) in [6, 6.07) is 12.6. The van der Waals surface area contributed by atoms with Crippen LogP contribution in [0.4, 0.5) is 4.39 Å². The molecular formula is C21H24ClFN2O3. The molecule has 0 saturated carbocycles. The van der Waals surface area contributed by atoms with E-state index in [1.807, 2.05) is 0 Å². The van der Waals surface area contributed by atoms with Gasteiger partial charge in [0, 0.05) is 18.1 Å². The number of hydrogen-bond acceptors (Lipinski definition) is 3. The first kappa shape index (κ1) is 21.7. The Morgan fingerprint density at radius 1 is 1.11 bits per heavy atom. The van der Waals surface area contributed by atoms with Crippen molar-refractivity contribution >= 4 is 23.4 Å². The van der Waals surface area contributed by atoms with Gasteiger partial charge in [0.25, 0.3) is 5.91 Å². The smallest absolute Gasteiger partial charge is 0.266 e. The van der Waals surface area contributed by atoms with E-state index in [4.69, 9.17) is 16.3 Å². The number of nitrogens with one attached hydrogen (secondary N) is 1. The molecule has 0 bridgehead atoms. The van der Waals surface area contributed by atoms with E-state index in [-0.39, 0.29) is 30.7 Å². The predicted molar refractivity (Wildman–Crippen MR) is 107 cm³/mol. The van der Waals surface area contributed by atoms with Crippen molar-refractivity contribution in [1.82, 2.24) is 10.2 Å². The summed E-state index contributed by atoms with van der Waals surface area (Å²) in [7, 11) is 0. The molecule has 0 aromatic heterocycles. The molecule has 1 N–H and O–H groups in total. The molecule has 0 saturated heterocycles. The van der Waals surface area contributed by atoms with Crippen LogP contribution in [-0.2, 0) is 16.1 Å². The Balaban J connectivity index is 1.94. The largest absolute Gasteiger partial charge is 0.478 e. The first-order valence-corrected chi connectivity index (χ1v) is 9.34. The van der Waals surface area contributed by atoms with Crippen LogP contribution >= 0.6 is 11.6 Å². The highest BCUT2D eigenvalue weighted by atomic mass is 35.5. The van der Waals surface area contributed by atoms with E-state index in [1.54, 1.807) is 57.2 Å². The lowest BCUT2D eigenvalue weighted by Gasteiger charge is -2.31. The number of ether oxygens (including phenoxy) is 1. The second kappa shape index (κ2) is 9.55. The molecule has 2 aromatic rings. The van der Waals surface area contributed by atoms with Crippen LogP contribution in [0.2, 0.25) is 5.02 Å². The molecule has 0 radical (unpaired) electrons. The monoisotopic (exact) mass is 406 g/mol. The van der Waals surface area contributed by atoms with Gasteiger partial charge in [-0.2, -0.15) is 0 Å². The molecule has 0 atom stereocenters. The normalized spacial score (nSPS) is 11.0. The minimum absolute atomic E-state index is 0.0933. The molecule has 150 valence electrons. The van der Waals surface area contributed by atoms with Crippen LogP contribution < -0.4 is 10.1 Å². The zero-order valence-electron chi connectivity index (χ0n) is 16.2. The maximum atomic E-state index is 12.9. The number of carbonyl (C=O) groups is 2. The fourth-order valence-corrected chi connectivity index (χ4v) is 2.71. The Morgan fingerprint density at radius 2 is 1.71 bits per heavy atom. The Hall–Kier alpha value is -2.60. The van der Waals surface area contributed by atoms with Gasteiger partial charge in [-0.1, -0.05) is 23.7 Å². The van der Waals surface area contributed by atoms with E-state index in [1.165, 1.54) is 17.0 Å². The summed E-state index contributed by atoms with van der Waals surface area (Å²) in [5.41, 5.74) is -0.378. The van der Waals surface area contributed by atoms with Crippen LogP contribution in [0.3, 0.4) is 0 Å². The van der Waals surface area contributed by atoms with Gasteiger partial charge in [-0.25, -0.2) is 4.39 Å². The van der Waals surface area contributed by atoms with Gasteiger partial charge >= 0.3 is 0 Å². The minimum Gasteiger partial charge on any atom is -0.478 e. The Kier molecular flexibility index (Phi) is 7.40. The standard InChI is InChI=1S/C21H24ClFN2O3/c1-4-25(14-19(26)24-13-15-5-9-17(23)10-6-15)20(27)21(2,3)28-18-11-7-16(22)8-12-18/h5-12H,4,13-14H2,1-3H3,(H,24,26). The lowest BCUT2D eigenvalue weighted by molar-refractivity contribution is -0.147. The van der Waals surface area contributed by atoms with E-state index in [9.17, 15) is 14.0 Å². The zero-order chi connectivity index (χ0) is 20.7. The quantitative estimate of drug-likeness (QED) is 0.725. The van der Waals surface area contributed by atoms with Gasteiger partial charge < -0.3 is 15.0 Å². The second-order valence-electron chi connectivity index (χ2n) is 6.79. The Labute approximate surface area is 169 Å². The molecule has 0 fully saturated rings. The molecule has 28 heavy (non-hydrogen) atoms. The number of benzene rings is 2. The van der Waals surface area contributed by atoms with Crippen molar-refractivity contribution in [3.63, 3.8) is 0 Å². The number of nitrogens with zero attached hydrogens (tertiary/aromatic N) is 1. The minimum atomic E-state index is -1.15. The van der Waals surface area contributed by atoms with Crippen molar-refractivity contribution in [2.24, 2.45) is 0 Å². The van der Waals surface area contributed by atoms with Crippen LogP contribution in [-0.4, -0.2) is 35.4 Å². The van der Waals surface area contributed by atoms with E-state index >= 15 is 0 Å². The van der Waals surface area contributed by atoms with Gasteiger partial charge in [0.1, 0.15) is 11.6 Å². The summed E-state index contributed by atoms with van der Waals surface area (Å²) in [6.45, 7) is 5.63. The maximum Gasteiger partial charge on any atom is 0.266 e. The van der Waals surface area contributed by atoms with Gasteiger partial charge in [0.2, 0.25) is 5.91 Å². The topological polar surface area (TPSA) is 58.6 Å². The van der Waals surface area contributed by atoms with Crippen molar-refractivity contribution in [3.05, 3.63) is 64.9 Å². The number of hydrogen-bond donors (Lipinski definition) is 1. The molecule has 5 nitrogen and oxygen atoms in total. The highest BCUT2D eigenvalue weighted by Gasteiger charge is 2.34. The summed E-state index contributed by atoms with van der Waals surface area (Å²) < 4.78 is 18.7. The molecular weight excluding hydrogens is 383 g/mol. The third kappa shape index (κ3) is 6.23. The van der Waals surface area contributed by atoms with Crippen LogP contribution in [0.1, 0.15) is 26.3 Å². The van der Waals surface area contributed by atoms with E-state index in [0.29, 0.717) is 17.3 Å². The average Bonchev–Trinajstić information content (AvgIpc) is 2.66. The first-order valence-electron chi connectivity index (χ1n) is 8.96. The average molecular weight is 407 g/mol. The summed E-state index contributed by atoms with van der Waals surface area (Å²) in [5.74, 6) is -0.427. The number of amides is 2. The van der Waals surface area contributed by atoms with Gasteiger partial charge in [-0.3, -0.25) is 9.59 Å². The number of halogens is 2. The molecule has 0 aliphatic carbocycles. The van der Waals surface area contributed by atoms with Gasteiger partial charge in [-0.05, 0) is 62.7 Å². The van der Waals surface area contributed by atoms with Crippen molar-refractivity contribution < 1.29 is 18.7 Å². The molecule has 0 unspecified atom stereocenters. The molecule has 2 amide bonds. The molecule has 0 heterocycles. The molecule has 2 aromatic carbocycles. The maximum absolute atomic E-state index is 12.9. The second-order valence-corrected chi connectivity index (χ2v) is 7.23. The van der Waals surface area contributed by atoms with Gasteiger partial charge in [0.05, 0.1) is 6.54 Å². The summed E-state index contributed by atoms with van der Waals surface area (Å²) in [6.07, 6.45) is 0. The van der Waals surface area contributed by atoms with Gasteiger partial charge in [-0.15, -0.1) is 0 Å². The Morgan fingerprint density at radius 3 is 2.29 bits per heavy atom. The number of carbonyl (C=O) groups excluding carboxylic acids is 2. The zero-order valence-corrected chi connectivity index (χ0v) is 16.9. The van der Waals surface area contributed by atoms with E-state index < -0.39 is 5.60 Å². The third-order valence-corrected chi connectivity index (χ3v) is 4.36. The molecule has 0 spiro atoms. The fourth-order valence-electron chi connectivity index (χ4n) is 2.58. The van der Waals surface area contributed by atoms with Crippen molar-refractivity contribution in [1.29, 1.82) is 0 Å². The SMILES string of the molecule is CCN(CC(=O)NCc1ccc(F)cc1)C(=O)C(C)(C)Oc1ccc(Cl)cc1. The van der Waals surface area contributed by atoms with Crippen LogP contribution in [0.5, 0.6) is 5.75 Å².